The molecule has 2 rings (SSSR count). The molecule has 1 unspecified atom stereocenters. The van der Waals surface area contributed by atoms with Crippen LogP contribution < -0.4 is 4.74 Å². The summed E-state index contributed by atoms with van der Waals surface area (Å²) in [5.74, 6) is -1.82. The molecule has 0 aliphatic carbocycles. The zero-order valence-electron chi connectivity index (χ0n) is 10.7. The van der Waals surface area contributed by atoms with Gasteiger partial charge < -0.3 is 19.3 Å². The monoisotopic (exact) mass is 342 g/mol. The molecule has 1 N–H and O–H groups in total. The third-order valence-electron chi connectivity index (χ3n) is 2.77. The van der Waals surface area contributed by atoms with Gasteiger partial charge >= 0.3 is 11.9 Å². The van der Waals surface area contributed by atoms with Crippen molar-refractivity contribution in [3.05, 3.63) is 39.6 Å². The van der Waals surface area contributed by atoms with E-state index in [0.717, 1.165) is 14.2 Å². The molecule has 0 spiro atoms. The van der Waals surface area contributed by atoms with E-state index in [-0.39, 0.29) is 17.1 Å². The van der Waals surface area contributed by atoms with Crippen LogP contribution in [0.3, 0.4) is 0 Å². The first-order chi connectivity index (χ1) is 9.49. The van der Waals surface area contributed by atoms with Gasteiger partial charge in [-0.1, -0.05) is 15.9 Å². The summed E-state index contributed by atoms with van der Waals surface area (Å²) >= 11 is 3.26. The Bertz CT molecular complexity index is 607. The highest BCUT2D eigenvalue weighted by molar-refractivity contribution is 9.10. The molecule has 1 aromatic rings. The molecule has 7 heteroatoms. The Balaban J connectivity index is 2.59. The zero-order valence-corrected chi connectivity index (χ0v) is 12.3. The van der Waals surface area contributed by atoms with Crippen LogP contribution in [0, 0.1) is 0 Å². The van der Waals surface area contributed by atoms with Gasteiger partial charge in [0.2, 0.25) is 5.76 Å². The molecule has 1 heterocycles. The summed E-state index contributed by atoms with van der Waals surface area (Å²) in [6.07, 6.45) is -1.34. The third-order valence-corrected chi connectivity index (χ3v) is 3.27. The second-order valence-electron chi connectivity index (χ2n) is 3.91. The first-order valence-corrected chi connectivity index (χ1v) is 6.35. The molecule has 0 aromatic heterocycles. The predicted octanol–water partition coefficient (Wildman–Crippen LogP) is 1.48. The van der Waals surface area contributed by atoms with Crippen LogP contribution in [0.4, 0.5) is 0 Å². The molecule has 1 aromatic carbocycles. The third kappa shape index (κ3) is 2.41. The molecule has 0 saturated carbocycles. The number of hydrogen-bond donors (Lipinski definition) is 1. The van der Waals surface area contributed by atoms with E-state index >= 15 is 0 Å². The largest absolute Gasteiger partial charge is 0.465 e. The van der Waals surface area contributed by atoms with Gasteiger partial charge in [0.05, 0.1) is 14.2 Å². The van der Waals surface area contributed by atoms with Crippen molar-refractivity contribution in [1.29, 1.82) is 0 Å². The van der Waals surface area contributed by atoms with Crippen molar-refractivity contribution < 1.29 is 28.9 Å². The van der Waals surface area contributed by atoms with Crippen molar-refractivity contribution in [1.82, 2.24) is 0 Å². The molecule has 0 amide bonds. The van der Waals surface area contributed by atoms with Gasteiger partial charge in [0.1, 0.15) is 17.4 Å². The predicted molar refractivity (Wildman–Crippen MR) is 70.8 cm³/mol. The fourth-order valence-corrected chi connectivity index (χ4v) is 2.21. The van der Waals surface area contributed by atoms with Crippen LogP contribution in [0.5, 0.6) is 5.75 Å². The highest BCUT2D eigenvalue weighted by Gasteiger charge is 2.37. The average molecular weight is 343 g/mol. The van der Waals surface area contributed by atoms with Crippen molar-refractivity contribution in [3.8, 4) is 5.75 Å². The number of carbonyl (C=O) groups is 2. The maximum atomic E-state index is 11.8. The van der Waals surface area contributed by atoms with E-state index in [0.29, 0.717) is 10.0 Å². The molecule has 1 aliphatic rings. The number of methoxy groups -OCH3 is 2. The van der Waals surface area contributed by atoms with Crippen LogP contribution in [-0.2, 0) is 19.1 Å². The molecule has 0 saturated heterocycles. The number of ether oxygens (including phenoxy) is 3. The average Bonchev–Trinajstić information content (AvgIpc) is 2.46. The lowest BCUT2D eigenvalue weighted by Gasteiger charge is -2.25. The number of halogens is 1. The van der Waals surface area contributed by atoms with E-state index in [1.807, 2.05) is 0 Å². The van der Waals surface area contributed by atoms with Crippen molar-refractivity contribution >= 4 is 27.9 Å². The highest BCUT2D eigenvalue weighted by Crippen LogP contribution is 2.39. The van der Waals surface area contributed by atoms with E-state index in [1.165, 1.54) is 0 Å². The summed E-state index contributed by atoms with van der Waals surface area (Å²) in [5, 5.41) is 10.3. The summed E-state index contributed by atoms with van der Waals surface area (Å²) in [7, 11) is 2.30. The van der Waals surface area contributed by atoms with E-state index in [1.54, 1.807) is 18.2 Å². The fraction of sp³-hybridized carbons (Fsp3) is 0.231. The number of hydrogen-bond acceptors (Lipinski definition) is 6. The van der Waals surface area contributed by atoms with Crippen LogP contribution in [0.2, 0.25) is 0 Å². The lowest BCUT2D eigenvalue weighted by Crippen LogP contribution is -2.26. The van der Waals surface area contributed by atoms with Crippen molar-refractivity contribution in [2.24, 2.45) is 0 Å². The molecule has 1 atom stereocenters. The Morgan fingerprint density at radius 1 is 1.25 bits per heavy atom. The molecular weight excluding hydrogens is 332 g/mol. The molecular formula is C13H11BrO6. The summed E-state index contributed by atoms with van der Waals surface area (Å²) in [6, 6.07) is 4.85. The molecule has 106 valence electrons. The summed E-state index contributed by atoms with van der Waals surface area (Å²) in [6.45, 7) is 0. The summed E-state index contributed by atoms with van der Waals surface area (Å²) in [4.78, 5) is 23.4. The van der Waals surface area contributed by atoms with Gasteiger partial charge in [-0.05, 0) is 18.2 Å². The zero-order chi connectivity index (χ0) is 14.9. The van der Waals surface area contributed by atoms with Crippen LogP contribution in [-0.4, -0.2) is 31.3 Å². The number of aliphatic hydroxyl groups is 1. The Kier molecular flexibility index (Phi) is 4.10. The molecule has 0 radical (unpaired) electrons. The normalized spacial score (nSPS) is 17.1. The smallest absolute Gasteiger partial charge is 0.374 e. The summed E-state index contributed by atoms with van der Waals surface area (Å²) in [5.41, 5.74) is 0.0670. The first kappa shape index (κ1) is 14.5. The van der Waals surface area contributed by atoms with E-state index < -0.39 is 18.0 Å². The van der Waals surface area contributed by atoms with E-state index in [4.69, 9.17) is 4.74 Å². The quantitative estimate of drug-likeness (QED) is 0.819. The molecule has 20 heavy (non-hydrogen) atoms. The number of esters is 2. The van der Waals surface area contributed by atoms with Gasteiger partial charge in [0.25, 0.3) is 0 Å². The van der Waals surface area contributed by atoms with Crippen molar-refractivity contribution in [3.63, 3.8) is 0 Å². The standard InChI is InChI=1S/C13H11BrO6/c1-18-12(16)9-10(15)7-5-6(14)3-4-8(7)20-11(9)13(17)19-2/h3-5,10,15H,1-2H3. The van der Waals surface area contributed by atoms with E-state index in [9.17, 15) is 14.7 Å². The van der Waals surface area contributed by atoms with Gasteiger partial charge in [-0.15, -0.1) is 0 Å². The Labute approximate surface area is 123 Å². The van der Waals surface area contributed by atoms with Crippen molar-refractivity contribution in [2.75, 3.05) is 14.2 Å². The number of aliphatic hydroxyl groups excluding tert-OH is 1. The number of benzene rings is 1. The molecule has 6 nitrogen and oxygen atoms in total. The van der Waals surface area contributed by atoms with E-state index in [2.05, 4.69) is 25.4 Å². The maximum Gasteiger partial charge on any atom is 0.374 e. The lowest BCUT2D eigenvalue weighted by atomic mass is 9.97. The molecule has 1 aliphatic heterocycles. The second kappa shape index (κ2) is 5.64. The first-order valence-electron chi connectivity index (χ1n) is 5.55. The van der Waals surface area contributed by atoms with Gasteiger partial charge in [-0.25, -0.2) is 9.59 Å². The lowest BCUT2D eigenvalue weighted by molar-refractivity contribution is -0.142. The number of carbonyl (C=O) groups excluding carboxylic acids is 2. The van der Waals surface area contributed by atoms with Gasteiger partial charge in [-0.3, -0.25) is 0 Å². The number of fused-ring (bicyclic) bond motifs is 1. The topological polar surface area (TPSA) is 82.1 Å². The van der Waals surface area contributed by atoms with Gasteiger partial charge in [-0.2, -0.15) is 0 Å². The Morgan fingerprint density at radius 2 is 1.90 bits per heavy atom. The Hall–Kier alpha value is -1.86. The second-order valence-corrected chi connectivity index (χ2v) is 4.83. The minimum Gasteiger partial charge on any atom is -0.465 e. The maximum absolute atomic E-state index is 11.8. The molecule has 0 fully saturated rings. The minimum absolute atomic E-state index is 0.272. The van der Waals surface area contributed by atoms with Crippen LogP contribution in [0.15, 0.2) is 34.0 Å². The van der Waals surface area contributed by atoms with Crippen LogP contribution in [0.1, 0.15) is 11.7 Å². The van der Waals surface area contributed by atoms with Crippen molar-refractivity contribution in [2.45, 2.75) is 6.10 Å². The Morgan fingerprint density at radius 3 is 2.50 bits per heavy atom. The minimum atomic E-state index is -1.34. The van der Waals surface area contributed by atoms with Crippen LogP contribution in [0.25, 0.3) is 0 Å². The summed E-state index contributed by atoms with van der Waals surface area (Å²) < 4.78 is 15.2. The number of rotatable bonds is 2. The highest BCUT2D eigenvalue weighted by atomic mass is 79.9. The van der Waals surface area contributed by atoms with Gasteiger partial charge in [0.15, 0.2) is 0 Å². The van der Waals surface area contributed by atoms with Gasteiger partial charge in [0, 0.05) is 10.0 Å². The molecule has 0 bridgehead atoms. The SMILES string of the molecule is COC(=O)C1=C(C(=O)OC)C(O)c2cc(Br)ccc2O1. The van der Waals surface area contributed by atoms with Crippen LogP contribution >= 0.6 is 15.9 Å². The fourth-order valence-electron chi connectivity index (χ4n) is 1.83.